The molecule has 0 saturated carbocycles. The minimum Gasteiger partial charge on any atom is -0.495 e. The van der Waals surface area contributed by atoms with E-state index in [1.54, 1.807) is 7.11 Å². The summed E-state index contributed by atoms with van der Waals surface area (Å²) in [5.74, 6) is 0.562. The third-order valence-corrected chi connectivity index (χ3v) is 4.45. The van der Waals surface area contributed by atoms with Gasteiger partial charge in [-0.1, -0.05) is 24.3 Å². The number of carbonyl (C=O) groups is 1. The number of nitrogens with zero attached hydrogens (tertiary/aromatic N) is 2. The highest BCUT2D eigenvalue weighted by molar-refractivity contribution is 5.98. The fourth-order valence-corrected chi connectivity index (χ4v) is 3.22. The van der Waals surface area contributed by atoms with Crippen molar-refractivity contribution in [2.75, 3.05) is 23.9 Å². The van der Waals surface area contributed by atoms with Crippen LogP contribution in [0.4, 0.5) is 11.7 Å². The summed E-state index contributed by atoms with van der Waals surface area (Å²) in [5.41, 5.74) is 2.20. The molecular formula is C19H19N3O3. The van der Waals surface area contributed by atoms with E-state index >= 15 is 0 Å². The first-order chi connectivity index (χ1) is 12.3. The van der Waals surface area contributed by atoms with Gasteiger partial charge in [0.1, 0.15) is 17.3 Å². The van der Waals surface area contributed by atoms with Crippen molar-refractivity contribution in [1.82, 2.24) is 4.98 Å². The molecule has 6 nitrogen and oxygen atoms in total. The molecule has 6 heteroatoms. The molecule has 0 spiro atoms. The number of carbonyl (C=O) groups excluding carboxylic acids is 1. The van der Waals surface area contributed by atoms with Crippen molar-refractivity contribution >= 4 is 28.7 Å². The van der Waals surface area contributed by atoms with Crippen LogP contribution in [0.25, 0.3) is 11.1 Å². The molecule has 0 bridgehead atoms. The number of nitrogens with one attached hydrogen (secondary N) is 1. The molecule has 1 unspecified atom stereocenters. The number of methoxy groups -OCH3 is 1. The minimum atomic E-state index is -0.307. The Morgan fingerprint density at radius 2 is 2.04 bits per heavy atom. The Hall–Kier alpha value is -3.02. The number of aromatic nitrogens is 1. The van der Waals surface area contributed by atoms with Gasteiger partial charge in [0, 0.05) is 6.54 Å². The van der Waals surface area contributed by atoms with Gasteiger partial charge >= 0.3 is 0 Å². The zero-order chi connectivity index (χ0) is 17.2. The van der Waals surface area contributed by atoms with Crippen LogP contribution in [0.3, 0.4) is 0 Å². The molecule has 1 aromatic heterocycles. The Bertz CT molecular complexity index is 873. The lowest BCUT2D eigenvalue weighted by Crippen LogP contribution is -2.40. The van der Waals surface area contributed by atoms with Crippen LogP contribution in [0.15, 0.2) is 52.9 Å². The SMILES string of the molecule is COc1ccccc1NC(=O)C1CCCN1c1nc2ccccc2o1. The van der Waals surface area contributed by atoms with Crippen molar-refractivity contribution in [3.05, 3.63) is 48.5 Å². The summed E-state index contributed by atoms with van der Waals surface area (Å²) in [4.78, 5) is 19.3. The molecule has 2 heterocycles. The molecule has 0 radical (unpaired) electrons. The number of para-hydroxylation sites is 4. The van der Waals surface area contributed by atoms with E-state index < -0.39 is 0 Å². The fourth-order valence-electron chi connectivity index (χ4n) is 3.22. The van der Waals surface area contributed by atoms with Gasteiger partial charge in [0.2, 0.25) is 5.91 Å². The van der Waals surface area contributed by atoms with Gasteiger partial charge in [-0.25, -0.2) is 0 Å². The molecule has 1 amide bonds. The van der Waals surface area contributed by atoms with Crippen LogP contribution in [-0.2, 0) is 4.79 Å². The first-order valence-corrected chi connectivity index (χ1v) is 8.32. The van der Waals surface area contributed by atoms with Crippen LogP contribution < -0.4 is 15.0 Å². The van der Waals surface area contributed by atoms with E-state index in [0.29, 0.717) is 17.5 Å². The van der Waals surface area contributed by atoms with Gasteiger partial charge in [-0.05, 0) is 37.1 Å². The molecule has 1 atom stereocenters. The molecule has 1 N–H and O–H groups in total. The van der Waals surface area contributed by atoms with Gasteiger partial charge in [-0.3, -0.25) is 4.79 Å². The molecule has 1 saturated heterocycles. The number of hydrogen-bond acceptors (Lipinski definition) is 5. The summed E-state index contributed by atoms with van der Waals surface area (Å²) in [5, 5.41) is 2.96. The largest absolute Gasteiger partial charge is 0.495 e. The van der Waals surface area contributed by atoms with Crippen LogP contribution in [0.1, 0.15) is 12.8 Å². The highest BCUT2D eigenvalue weighted by Crippen LogP contribution is 2.30. The van der Waals surface area contributed by atoms with Crippen molar-refractivity contribution in [3.63, 3.8) is 0 Å². The van der Waals surface area contributed by atoms with Gasteiger partial charge in [0.05, 0.1) is 12.8 Å². The number of anilines is 2. The lowest BCUT2D eigenvalue weighted by Gasteiger charge is -2.22. The predicted molar refractivity (Wildman–Crippen MR) is 96.0 cm³/mol. The number of benzene rings is 2. The van der Waals surface area contributed by atoms with Crippen LogP contribution in [-0.4, -0.2) is 30.6 Å². The Morgan fingerprint density at radius 1 is 1.24 bits per heavy atom. The summed E-state index contributed by atoms with van der Waals surface area (Å²) in [7, 11) is 1.59. The maximum atomic E-state index is 12.8. The fraction of sp³-hybridized carbons (Fsp3) is 0.263. The Balaban J connectivity index is 1.57. The van der Waals surface area contributed by atoms with Crippen molar-refractivity contribution in [2.45, 2.75) is 18.9 Å². The second kappa shape index (κ2) is 6.47. The first-order valence-electron chi connectivity index (χ1n) is 8.32. The van der Waals surface area contributed by atoms with Crippen LogP contribution >= 0.6 is 0 Å². The molecule has 3 aromatic rings. The number of rotatable bonds is 4. The minimum absolute atomic E-state index is 0.0794. The van der Waals surface area contributed by atoms with E-state index in [9.17, 15) is 4.79 Å². The molecular weight excluding hydrogens is 318 g/mol. The highest BCUT2D eigenvalue weighted by Gasteiger charge is 2.34. The van der Waals surface area contributed by atoms with E-state index in [0.717, 1.165) is 30.5 Å². The van der Waals surface area contributed by atoms with Crippen molar-refractivity contribution in [1.29, 1.82) is 0 Å². The molecule has 1 fully saturated rings. The highest BCUT2D eigenvalue weighted by atomic mass is 16.5. The van der Waals surface area contributed by atoms with Crippen molar-refractivity contribution in [2.24, 2.45) is 0 Å². The Morgan fingerprint density at radius 3 is 2.88 bits per heavy atom. The molecule has 128 valence electrons. The molecule has 2 aromatic carbocycles. The lowest BCUT2D eigenvalue weighted by molar-refractivity contribution is -0.117. The summed E-state index contributed by atoms with van der Waals surface area (Å²) < 4.78 is 11.1. The summed E-state index contributed by atoms with van der Waals surface area (Å²) in [6, 6.07) is 15.2. The van der Waals surface area contributed by atoms with Gasteiger partial charge in [-0.2, -0.15) is 4.98 Å². The average Bonchev–Trinajstić information content (AvgIpc) is 3.28. The van der Waals surface area contributed by atoms with E-state index in [1.165, 1.54) is 0 Å². The quantitative estimate of drug-likeness (QED) is 0.790. The van der Waals surface area contributed by atoms with E-state index in [-0.39, 0.29) is 11.9 Å². The van der Waals surface area contributed by atoms with E-state index in [1.807, 2.05) is 53.4 Å². The zero-order valence-corrected chi connectivity index (χ0v) is 13.9. The molecule has 1 aliphatic rings. The van der Waals surface area contributed by atoms with Crippen molar-refractivity contribution in [3.8, 4) is 5.75 Å². The molecule has 4 rings (SSSR count). The smallest absolute Gasteiger partial charge is 0.299 e. The number of oxazole rings is 1. The number of hydrogen-bond donors (Lipinski definition) is 1. The van der Waals surface area contributed by atoms with Crippen LogP contribution in [0.2, 0.25) is 0 Å². The van der Waals surface area contributed by atoms with Crippen molar-refractivity contribution < 1.29 is 13.9 Å². The Kier molecular flexibility index (Phi) is 4.01. The van der Waals surface area contributed by atoms with Gasteiger partial charge in [0.25, 0.3) is 6.01 Å². The summed E-state index contributed by atoms with van der Waals surface area (Å²) in [6.07, 6.45) is 1.68. The number of amides is 1. The lowest BCUT2D eigenvalue weighted by atomic mass is 10.2. The number of ether oxygens (including phenoxy) is 1. The van der Waals surface area contributed by atoms with E-state index in [2.05, 4.69) is 10.3 Å². The van der Waals surface area contributed by atoms with Gasteiger partial charge in [-0.15, -0.1) is 0 Å². The van der Waals surface area contributed by atoms with Crippen LogP contribution in [0, 0.1) is 0 Å². The third kappa shape index (κ3) is 2.91. The van der Waals surface area contributed by atoms with Gasteiger partial charge < -0.3 is 19.4 Å². The summed E-state index contributed by atoms with van der Waals surface area (Å²) >= 11 is 0. The average molecular weight is 337 g/mol. The molecule has 25 heavy (non-hydrogen) atoms. The normalized spacial score (nSPS) is 17.0. The number of fused-ring (bicyclic) bond motifs is 1. The Labute approximate surface area is 145 Å². The summed E-state index contributed by atoms with van der Waals surface area (Å²) in [6.45, 7) is 0.747. The van der Waals surface area contributed by atoms with Gasteiger partial charge in [0.15, 0.2) is 5.58 Å². The zero-order valence-electron chi connectivity index (χ0n) is 13.9. The molecule has 0 aliphatic carbocycles. The monoisotopic (exact) mass is 337 g/mol. The second-order valence-electron chi connectivity index (χ2n) is 6.01. The van der Waals surface area contributed by atoms with Crippen LogP contribution in [0.5, 0.6) is 5.75 Å². The third-order valence-electron chi connectivity index (χ3n) is 4.45. The topological polar surface area (TPSA) is 67.6 Å². The second-order valence-corrected chi connectivity index (χ2v) is 6.01. The maximum Gasteiger partial charge on any atom is 0.299 e. The molecule has 1 aliphatic heterocycles. The predicted octanol–water partition coefficient (Wildman–Crippen LogP) is 3.44. The van der Waals surface area contributed by atoms with E-state index in [4.69, 9.17) is 9.15 Å². The standard InChI is InChI=1S/C19H19N3O3/c1-24-16-10-4-2-7-13(16)20-18(23)15-9-6-12-22(15)19-21-14-8-3-5-11-17(14)25-19/h2-5,7-8,10-11,15H,6,9,12H2,1H3,(H,20,23). The maximum absolute atomic E-state index is 12.8. The first kappa shape index (κ1) is 15.5.